The number of rotatable bonds is 3. The topological polar surface area (TPSA) is 286 Å². The first-order valence-corrected chi connectivity index (χ1v) is 15.0. The lowest BCUT2D eigenvalue weighted by Crippen LogP contribution is -2.39. The van der Waals surface area contributed by atoms with Gasteiger partial charge in [-0.05, 0) is 11.8 Å². The van der Waals surface area contributed by atoms with E-state index in [4.69, 9.17) is 46.1 Å². The van der Waals surface area contributed by atoms with E-state index >= 15 is 0 Å². The van der Waals surface area contributed by atoms with Gasteiger partial charge in [0, 0.05) is 0 Å². The molecule has 0 radical (unpaired) electrons. The van der Waals surface area contributed by atoms with Crippen molar-refractivity contribution in [3.05, 3.63) is 29.3 Å². The summed E-state index contributed by atoms with van der Waals surface area (Å²) < 4.78 is 30.4. The average molecular weight is 632 g/mol. The third-order valence-electron chi connectivity index (χ3n) is 6.29. The summed E-state index contributed by atoms with van der Waals surface area (Å²) in [6.45, 7) is -4.72. The van der Waals surface area contributed by atoms with Crippen LogP contribution in [0, 0.1) is 0 Å². The number of nitrogens with zero attached hydrogens (tertiary/aromatic N) is 7. The van der Waals surface area contributed by atoms with Crippen molar-refractivity contribution in [2.24, 2.45) is 0 Å². The van der Waals surface area contributed by atoms with Gasteiger partial charge in [0.05, 0.1) is 19.3 Å². The van der Waals surface area contributed by atoms with Gasteiger partial charge in [-0.3, -0.25) is 23.4 Å². The zero-order chi connectivity index (χ0) is 29.1. The molecule has 2 fully saturated rings. The number of nitrogens with one attached hydrogen (secondary N) is 1. The minimum absolute atomic E-state index is 0.125. The number of aromatic amines is 1. The van der Waals surface area contributed by atoms with E-state index in [2.05, 4.69) is 29.9 Å². The molecule has 41 heavy (non-hydrogen) atoms. The molecule has 2 aliphatic heterocycles. The molecule has 0 amide bonds. The number of imidazole rings is 2. The van der Waals surface area contributed by atoms with Gasteiger partial charge >= 0.3 is 6.72 Å². The van der Waals surface area contributed by atoms with Crippen LogP contribution in [0.5, 0.6) is 0 Å². The molecule has 23 heteroatoms. The highest BCUT2D eigenvalue weighted by Crippen LogP contribution is 2.49. The number of anilines is 2. The molecular formula is C18H22N10O10P2S. The van der Waals surface area contributed by atoms with Crippen molar-refractivity contribution in [1.29, 1.82) is 0 Å². The zero-order valence-corrected chi connectivity index (χ0v) is 23.1. The van der Waals surface area contributed by atoms with Crippen LogP contribution in [-0.2, 0) is 34.6 Å². The number of aliphatic hydroxyl groups excluding tert-OH is 3. The molecule has 9 N–H and O–H groups in total. The largest absolute Gasteiger partial charge is 0.387 e. The fourth-order valence-corrected chi connectivity index (χ4v) is 6.42. The van der Waals surface area contributed by atoms with E-state index in [1.54, 1.807) is 0 Å². The van der Waals surface area contributed by atoms with Gasteiger partial charge in [0.1, 0.15) is 30.2 Å². The molecule has 6 heterocycles. The van der Waals surface area contributed by atoms with Crippen molar-refractivity contribution < 1.29 is 43.0 Å². The third-order valence-corrected chi connectivity index (χ3v) is 8.56. The van der Waals surface area contributed by atoms with E-state index in [9.17, 15) is 25.0 Å². The van der Waals surface area contributed by atoms with Gasteiger partial charge < -0.3 is 50.0 Å². The van der Waals surface area contributed by atoms with E-state index in [0.717, 1.165) is 10.9 Å². The summed E-state index contributed by atoms with van der Waals surface area (Å²) in [7, 11) is -0.956. The number of hydrogen-bond acceptors (Lipinski definition) is 17. The van der Waals surface area contributed by atoms with E-state index in [1.165, 1.54) is 17.2 Å². The molecule has 4 aromatic heterocycles. The number of nitrogen functional groups attached to an aromatic ring is 2. The first-order valence-electron chi connectivity index (χ1n) is 11.6. The number of ether oxygens (including phenoxy) is 1. The number of fused-ring (bicyclic) bond motifs is 4. The first kappa shape index (κ1) is 28.3. The summed E-state index contributed by atoms with van der Waals surface area (Å²) in [6.07, 6.45) is -6.58. The SMILES string of the molecule is Nc1nc2c(ncn2C(O)C2OP(O)(=S)OCC3OC(n4cnc5c(N)ncnc54)C(OPOC2O)C3O)c(=O)[nH]1. The summed E-state index contributed by atoms with van der Waals surface area (Å²) >= 11 is 5.10. The highest BCUT2D eigenvalue weighted by Gasteiger charge is 2.48. The van der Waals surface area contributed by atoms with Gasteiger partial charge in [-0.1, -0.05) is 0 Å². The Bertz CT molecular complexity index is 1700. The van der Waals surface area contributed by atoms with Gasteiger partial charge in [0.15, 0.2) is 56.5 Å². The summed E-state index contributed by atoms with van der Waals surface area (Å²) in [6, 6.07) is 0. The molecule has 4 aromatic rings. The Balaban J connectivity index is 1.29. The van der Waals surface area contributed by atoms with E-state index < -0.39 is 71.1 Å². The van der Waals surface area contributed by atoms with Crippen LogP contribution in [0.1, 0.15) is 12.5 Å². The second kappa shape index (κ2) is 10.8. The molecule has 9 unspecified atom stereocenters. The van der Waals surface area contributed by atoms with Gasteiger partial charge in [0.2, 0.25) is 5.95 Å². The average Bonchev–Trinajstić information content (AvgIpc) is 3.62. The lowest BCUT2D eigenvalue weighted by atomic mass is 10.1. The maximum atomic E-state index is 12.2. The maximum absolute atomic E-state index is 12.2. The summed E-state index contributed by atoms with van der Waals surface area (Å²) in [5, 5.41) is 32.9. The Kier molecular flexibility index (Phi) is 7.47. The molecule has 2 bridgehead atoms. The van der Waals surface area contributed by atoms with Gasteiger partial charge in [-0.15, -0.1) is 0 Å². The standard InChI is InChI=1S/C18H22N10O10P2S/c19-11-6-12(22-2-21-11)28(4-23-6)16-9-8(29)5(35-16)1-34-40(33,41)38-10(17(32)37-39-36-9)15(31)27-3-24-7-13(27)25-18(20)26-14(7)30/h2-5,8-10,15-17,29,31-32,39H,1H2,(H,33,41)(H2,19,21,22)(H3,20,25,26,30). The van der Waals surface area contributed by atoms with Crippen LogP contribution in [0.2, 0.25) is 0 Å². The smallest absolute Gasteiger partial charge is 0.325 e. The molecular weight excluding hydrogens is 610 g/mol. The monoisotopic (exact) mass is 632 g/mol. The second-order valence-electron chi connectivity index (χ2n) is 8.84. The van der Waals surface area contributed by atoms with Crippen LogP contribution in [0.3, 0.4) is 0 Å². The molecule has 0 aliphatic carbocycles. The predicted octanol–water partition coefficient (Wildman–Crippen LogP) is -2.27. The van der Waals surface area contributed by atoms with Crippen molar-refractivity contribution in [1.82, 2.24) is 39.0 Å². The first-order chi connectivity index (χ1) is 19.5. The Morgan fingerprint density at radius 2 is 1.93 bits per heavy atom. The Morgan fingerprint density at radius 3 is 2.73 bits per heavy atom. The maximum Gasteiger partial charge on any atom is 0.325 e. The van der Waals surface area contributed by atoms with Crippen LogP contribution in [0.15, 0.2) is 23.8 Å². The van der Waals surface area contributed by atoms with Crippen LogP contribution < -0.4 is 17.0 Å². The van der Waals surface area contributed by atoms with E-state index in [0.29, 0.717) is 0 Å². The van der Waals surface area contributed by atoms with Crippen LogP contribution >= 0.6 is 15.8 Å². The quantitative estimate of drug-likeness (QED) is 0.117. The highest BCUT2D eigenvalue weighted by molar-refractivity contribution is 8.07. The molecule has 0 spiro atoms. The summed E-state index contributed by atoms with van der Waals surface area (Å²) in [4.78, 5) is 45.3. The Morgan fingerprint density at radius 1 is 1.15 bits per heavy atom. The lowest BCUT2D eigenvalue weighted by Gasteiger charge is -2.31. The fraction of sp³-hybridized carbons (Fsp3) is 0.444. The van der Waals surface area contributed by atoms with Crippen molar-refractivity contribution in [3.8, 4) is 0 Å². The van der Waals surface area contributed by atoms with E-state index in [-0.39, 0.29) is 34.1 Å². The van der Waals surface area contributed by atoms with Crippen molar-refractivity contribution in [2.45, 2.75) is 43.2 Å². The number of nitrogens with two attached hydrogens (primary N) is 2. The van der Waals surface area contributed by atoms with Crippen molar-refractivity contribution >= 4 is 61.7 Å². The summed E-state index contributed by atoms with van der Waals surface area (Å²) in [5.41, 5.74) is 11.1. The van der Waals surface area contributed by atoms with Crippen LogP contribution in [0.25, 0.3) is 22.3 Å². The molecule has 0 saturated carbocycles. The molecule has 220 valence electrons. The van der Waals surface area contributed by atoms with Crippen LogP contribution in [0.4, 0.5) is 11.8 Å². The Labute approximate surface area is 234 Å². The second-order valence-corrected chi connectivity index (χ2v) is 12.3. The number of hydrogen-bond donors (Lipinski definition) is 7. The predicted molar refractivity (Wildman–Crippen MR) is 141 cm³/mol. The van der Waals surface area contributed by atoms with Crippen molar-refractivity contribution in [2.75, 3.05) is 18.1 Å². The van der Waals surface area contributed by atoms with Gasteiger partial charge in [-0.2, -0.15) is 4.98 Å². The highest BCUT2D eigenvalue weighted by atomic mass is 32.5. The Hall–Kier alpha value is -2.78. The van der Waals surface area contributed by atoms with Gasteiger partial charge in [-0.25, -0.2) is 19.9 Å². The minimum atomic E-state index is -4.25. The third kappa shape index (κ3) is 5.20. The molecule has 2 saturated heterocycles. The number of aliphatic hydroxyl groups is 3. The zero-order valence-electron chi connectivity index (χ0n) is 20.4. The molecule has 0 aromatic carbocycles. The lowest BCUT2D eigenvalue weighted by molar-refractivity contribution is -0.154. The molecule has 9 atom stereocenters. The van der Waals surface area contributed by atoms with Gasteiger partial charge in [0.25, 0.3) is 5.56 Å². The number of aromatic nitrogens is 8. The minimum Gasteiger partial charge on any atom is -0.387 e. The molecule has 6 rings (SSSR count). The van der Waals surface area contributed by atoms with Crippen LogP contribution in [-0.4, -0.2) is 96.6 Å². The molecule has 20 nitrogen and oxygen atoms in total. The number of H-pyrrole nitrogens is 1. The van der Waals surface area contributed by atoms with Crippen molar-refractivity contribution in [3.63, 3.8) is 0 Å². The molecule has 2 aliphatic rings. The van der Waals surface area contributed by atoms with E-state index in [1.807, 2.05) is 0 Å². The normalized spacial score (nSPS) is 32.7. The fourth-order valence-electron chi connectivity index (χ4n) is 4.36. The summed E-state index contributed by atoms with van der Waals surface area (Å²) in [5.74, 6) is -0.137.